The number of nitrogens with zero attached hydrogens (tertiary/aromatic N) is 1. The molecule has 33 heavy (non-hydrogen) atoms. The summed E-state index contributed by atoms with van der Waals surface area (Å²) in [6.07, 6.45) is 3.52. The van der Waals surface area contributed by atoms with Crippen molar-refractivity contribution in [1.29, 1.82) is 0 Å². The first-order chi connectivity index (χ1) is 15.9. The molecule has 3 rings (SSSR count). The van der Waals surface area contributed by atoms with Gasteiger partial charge in [-0.15, -0.1) is 0 Å². The van der Waals surface area contributed by atoms with Crippen molar-refractivity contribution < 1.29 is 14.7 Å². The predicted molar refractivity (Wildman–Crippen MR) is 131 cm³/mol. The van der Waals surface area contributed by atoms with Crippen LogP contribution in [0.1, 0.15) is 35.3 Å². The van der Waals surface area contributed by atoms with Crippen LogP contribution in [0, 0.1) is 0 Å². The molecule has 2 amide bonds. The Morgan fingerprint density at radius 1 is 0.818 bits per heavy atom. The van der Waals surface area contributed by atoms with Crippen molar-refractivity contribution in [3.8, 4) is 5.75 Å². The van der Waals surface area contributed by atoms with Crippen molar-refractivity contribution in [2.75, 3.05) is 0 Å². The van der Waals surface area contributed by atoms with Gasteiger partial charge in [0.15, 0.2) is 0 Å². The summed E-state index contributed by atoms with van der Waals surface area (Å²) in [6.45, 7) is 3.58. The van der Waals surface area contributed by atoms with Gasteiger partial charge in [0, 0.05) is 5.56 Å². The van der Waals surface area contributed by atoms with E-state index in [0.29, 0.717) is 11.3 Å². The first-order valence-electron chi connectivity index (χ1n) is 10.4. The van der Waals surface area contributed by atoms with Crippen molar-refractivity contribution >= 4 is 23.6 Å². The van der Waals surface area contributed by atoms with Gasteiger partial charge in [-0.1, -0.05) is 54.6 Å². The highest BCUT2D eigenvalue weighted by atomic mass is 16.3. The van der Waals surface area contributed by atoms with E-state index in [1.807, 2.05) is 49.4 Å². The van der Waals surface area contributed by atoms with E-state index < -0.39 is 11.8 Å². The lowest BCUT2D eigenvalue weighted by atomic mass is 10.1. The quantitative estimate of drug-likeness (QED) is 0.217. The molecule has 0 saturated heterocycles. The molecule has 6 nitrogen and oxygen atoms in total. The van der Waals surface area contributed by atoms with E-state index in [1.165, 1.54) is 0 Å². The Kier molecular flexibility index (Phi) is 7.91. The van der Waals surface area contributed by atoms with Gasteiger partial charge in [-0.05, 0) is 73.0 Å². The molecule has 0 unspecified atom stereocenters. The summed E-state index contributed by atoms with van der Waals surface area (Å²) in [6, 6.07) is 24.8. The number of hydrogen-bond acceptors (Lipinski definition) is 4. The number of amides is 2. The van der Waals surface area contributed by atoms with E-state index in [9.17, 15) is 14.7 Å². The minimum atomic E-state index is -0.557. The van der Waals surface area contributed by atoms with Crippen LogP contribution in [-0.2, 0) is 4.79 Å². The topological polar surface area (TPSA) is 90.8 Å². The summed E-state index contributed by atoms with van der Waals surface area (Å²) >= 11 is 0. The molecule has 0 aliphatic heterocycles. The summed E-state index contributed by atoms with van der Waals surface area (Å²) < 4.78 is 0. The van der Waals surface area contributed by atoms with Gasteiger partial charge in [-0.25, -0.2) is 5.43 Å². The van der Waals surface area contributed by atoms with E-state index in [4.69, 9.17) is 0 Å². The summed E-state index contributed by atoms with van der Waals surface area (Å²) in [7, 11) is 0. The Hall–Kier alpha value is -4.45. The number of hydrazone groups is 1. The third-order valence-corrected chi connectivity index (χ3v) is 4.70. The molecule has 0 spiro atoms. The van der Waals surface area contributed by atoms with Gasteiger partial charge < -0.3 is 10.4 Å². The molecular weight excluding hydrogens is 414 g/mol. The van der Waals surface area contributed by atoms with Crippen LogP contribution in [0.2, 0.25) is 0 Å². The van der Waals surface area contributed by atoms with E-state index >= 15 is 0 Å². The molecule has 3 N–H and O–H groups in total. The highest BCUT2D eigenvalue weighted by Gasteiger charge is 2.14. The van der Waals surface area contributed by atoms with Crippen LogP contribution in [0.4, 0.5) is 0 Å². The second-order valence-corrected chi connectivity index (χ2v) is 7.36. The molecule has 0 heterocycles. The average molecular weight is 440 g/mol. The molecule has 0 bridgehead atoms. The molecule has 0 radical (unpaired) electrons. The fraction of sp³-hybridized carbons (Fsp3) is 0.0741. The summed E-state index contributed by atoms with van der Waals surface area (Å²) in [5.41, 5.74) is 6.04. The number of allylic oxidation sites excluding steroid dienone is 2. The molecule has 3 aromatic rings. The molecule has 0 saturated carbocycles. The zero-order valence-electron chi connectivity index (χ0n) is 18.4. The van der Waals surface area contributed by atoms with Crippen molar-refractivity contribution in [3.63, 3.8) is 0 Å². The Morgan fingerprint density at radius 2 is 1.42 bits per heavy atom. The minimum Gasteiger partial charge on any atom is -0.508 e. The zero-order valence-corrected chi connectivity index (χ0v) is 18.4. The lowest BCUT2D eigenvalue weighted by molar-refractivity contribution is -0.117. The normalized spacial score (nSPS) is 12.2. The Labute approximate surface area is 193 Å². The van der Waals surface area contributed by atoms with Crippen molar-refractivity contribution in [2.24, 2.45) is 5.10 Å². The predicted octanol–water partition coefficient (Wildman–Crippen LogP) is 4.65. The number of phenols is 1. The number of benzene rings is 3. The fourth-order valence-corrected chi connectivity index (χ4v) is 2.99. The third kappa shape index (κ3) is 7.04. The molecule has 6 heteroatoms. The largest absolute Gasteiger partial charge is 0.508 e. The smallest absolute Gasteiger partial charge is 0.287 e. The van der Waals surface area contributed by atoms with Crippen LogP contribution in [0.3, 0.4) is 0 Å². The van der Waals surface area contributed by atoms with Crippen molar-refractivity contribution in [1.82, 2.24) is 10.7 Å². The van der Waals surface area contributed by atoms with Gasteiger partial charge in [0.05, 0.1) is 5.71 Å². The maximum atomic E-state index is 12.9. The third-order valence-electron chi connectivity index (χ3n) is 4.70. The second kappa shape index (κ2) is 11.2. The number of carbonyl (C=O) groups is 2. The van der Waals surface area contributed by atoms with Crippen LogP contribution in [-0.4, -0.2) is 22.6 Å². The number of aromatic hydroxyl groups is 1. The van der Waals surface area contributed by atoms with E-state index in [2.05, 4.69) is 15.8 Å². The number of rotatable bonds is 7. The molecule has 0 aliphatic carbocycles. The molecular formula is C27H25N3O3. The number of phenolic OH excluding ortho intramolecular Hbond substituents is 1. The van der Waals surface area contributed by atoms with E-state index in [-0.39, 0.29) is 11.4 Å². The Morgan fingerprint density at radius 3 is 2.06 bits per heavy atom. The maximum Gasteiger partial charge on any atom is 0.287 e. The molecule has 3 aromatic carbocycles. The molecule has 166 valence electrons. The molecule has 0 aromatic heterocycles. The van der Waals surface area contributed by atoms with Gasteiger partial charge in [-0.3, -0.25) is 9.59 Å². The standard InChI is InChI=1S/C27H25N3O3/c1-19(17-21-9-5-3-6-10-21)18-25(28-26(32)23-11-7-4-8-12-23)27(33)30-29-20(2)22-13-15-24(31)16-14-22/h3-18,31H,1-2H3,(H,28,32)(H,30,33). The fourth-order valence-electron chi connectivity index (χ4n) is 2.99. The first kappa shape index (κ1) is 23.2. The average Bonchev–Trinajstić information content (AvgIpc) is 2.83. The summed E-state index contributed by atoms with van der Waals surface area (Å²) in [4.78, 5) is 25.6. The van der Waals surface area contributed by atoms with Gasteiger partial charge in [0.2, 0.25) is 0 Å². The number of nitrogens with one attached hydrogen (secondary N) is 2. The van der Waals surface area contributed by atoms with Crippen LogP contribution >= 0.6 is 0 Å². The van der Waals surface area contributed by atoms with Gasteiger partial charge >= 0.3 is 0 Å². The summed E-state index contributed by atoms with van der Waals surface area (Å²) in [5.74, 6) is -0.813. The van der Waals surface area contributed by atoms with Crippen LogP contribution in [0.25, 0.3) is 6.08 Å². The monoisotopic (exact) mass is 439 g/mol. The van der Waals surface area contributed by atoms with Crippen molar-refractivity contribution in [2.45, 2.75) is 13.8 Å². The molecule has 0 aliphatic rings. The summed E-state index contributed by atoms with van der Waals surface area (Å²) in [5, 5.41) is 16.3. The van der Waals surface area contributed by atoms with Gasteiger partial charge in [0.25, 0.3) is 11.8 Å². The zero-order chi connectivity index (χ0) is 23.6. The van der Waals surface area contributed by atoms with Crippen LogP contribution in [0.15, 0.2) is 107 Å². The minimum absolute atomic E-state index is 0.0655. The highest BCUT2D eigenvalue weighted by molar-refractivity contribution is 6.04. The number of hydrogen-bond donors (Lipinski definition) is 3. The molecule has 0 atom stereocenters. The lowest BCUT2D eigenvalue weighted by Crippen LogP contribution is -2.33. The van der Waals surface area contributed by atoms with E-state index in [1.54, 1.807) is 61.5 Å². The maximum absolute atomic E-state index is 12.9. The highest BCUT2D eigenvalue weighted by Crippen LogP contribution is 2.11. The van der Waals surface area contributed by atoms with Crippen molar-refractivity contribution in [3.05, 3.63) is 119 Å². The van der Waals surface area contributed by atoms with E-state index in [0.717, 1.165) is 16.7 Å². The van der Waals surface area contributed by atoms with Crippen LogP contribution < -0.4 is 10.7 Å². The lowest BCUT2D eigenvalue weighted by Gasteiger charge is -2.10. The molecule has 0 fully saturated rings. The van der Waals surface area contributed by atoms with Gasteiger partial charge in [0.1, 0.15) is 11.4 Å². The van der Waals surface area contributed by atoms with Gasteiger partial charge in [-0.2, -0.15) is 5.10 Å². The SMILES string of the molecule is CC(=Cc1ccccc1)C=C(NC(=O)c1ccccc1)C(=O)NN=C(C)c1ccc(O)cc1. The number of carbonyl (C=O) groups excluding carboxylic acids is 2. The Bertz CT molecular complexity index is 1200. The Balaban J connectivity index is 1.84. The van der Waals surface area contributed by atoms with Crippen LogP contribution in [0.5, 0.6) is 5.75 Å². The first-order valence-corrected chi connectivity index (χ1v) is 10.4. The second-order valence-electron chi connectivity index (χ2n) is 7.36.